The van der Waals surface area contributed by atoms with E-state index in [0.29, 0.717) is 19.7 Å². The van der Waals surface area contributed by atoms with Gasteiger partial charge in [0.05, 0.1) is 18.8 Å². The Morgan fingerprint density at radius 2 is 2.33 bits per heavy atom. The van der Waals surface area contributed by atoms with Crippen LogP contribution in [0.15, 0.2) is 0 Å². The molecule has 5 heteroatoms. The fourth-order valence-electron chi connectivity index (χ4n) is 1.73. The first kappa shape index (κ1) is 12.4. The van der Waals surface area contributed by atoms with Crippen LogP contribution in [0.3, 0.4) is 0 Å². The molecule has 0 spiro atoms. The van der Waals surface area contributed by atoms with Crippen molar-refractivity contribution in [3.63, 3.8) is 0 Å². The Balaban J connectivity index is 2.45. The summed E-state index contributed by atoms with van der Waals surface area (Å²) in [5.41, 5.74) is 5.57. The summed E-state index contributed by atoms with van der Waals surface area (Å²) < 4.78 is 5.57. The number of rotatable bonds is 3. The summed E-state index contributed by atoms with van der Waals surface area (Å²) in [6.45, 7) is 4.47. The lowest BCUT2D eigenvalue weighted by atomic mass is 10.2. The van der Waals surface area contributed by atoms with Crippen molar-refractivity contribution < 1.29 is 9.53 Å². The van der Waals surface area contributed by atoms with Crippen molar-refractivity contribution in [1.82, 2.24) is 9.80 Å². The molecule has 1 heterocycles. The number of ether oxygens (including phenoxy) is 1. The molecule has 0 aliphatic carbocycles. The maximum absolute atomic E-state index is 11.7. The average molecular weight is 215 g/mol. The second-order valence-corrected chi connectivity index (χ2v) is 4.33. The van der Waals surface area contributed by atoms with Crippen molar-refractivity contribution in [3.8, 4) is 0 Å². The van der Waals surface area contributed by atoms with Gasteiger partial charge in [0, 0.05) is 19.6 Å². The number of morpholine rings is 1. The van der Waals surface area contributed by atoms with E-state index in [9.17, 15) is 4.79 Å². The first-order valence-electron chi connectivity index (χ1n) is 5.31. The van der Waals surface area contributed by atoms with Crippen LogP contribution in [0.1, 0.15) is 6.92 Å². The van der Waals surface area contributed by atoms with Gasteiger partial charge >= 0.3 is 0 Å². The largest absolute Gasteiger partial charge is 0.373 e. The Bertz CT molecular complexity index is 219. The predicted molar refractivity (Wildman–Crippen MR) is 58.5 cm³/mol. The summed E-state index contributed by atoms with van der Waals surface area (Å²) in [7, 11) is 3.99. The lowest BCUT2D eigenvalue weighted by Gasteiger charge is -2.35. The van der Waals surface area contributed by atoms with Gasteiger partial charge in [0.1, 0.15) is 0 Å². The molecular weight excluding hydrogens is 194 g/mol. The number of hydrogen-bond acceptors (Lipinski definition) is 4. The Kier molecular flexibility index (Phi) is 4.50. The third-order valence-corrected chi connectivity index (χ3v) is 2.41. The zero-order valence-corrected chi connectivity index (χ0v) is 9.77. The molecule has 2 unspecified atom stereocenters. The van der Waals surface area contributed by atoms with Crippen LogP contribution in [0, 0.1) is 0 Å². The number of likely N-dealkylation sites (N-methyl/N-ethyl adjacent to an activating group) is 1. The van der Waals surface area contributed by atoms with Gasteiger partial charge in [0.25, 0.3) is 0 Å². The van der Waals surface area contributed by atoms with Crippen LogP contribution in [0.5, 0.6) is 0 Å². The van der Waals surface area contributed by atoms with E-state index in [2.05, 4.69) is 4.90 Å². The zero-order valence-electron chi connectivity index (χ0n) is 9.77. The van der Waals surface area contributed by atoms with Crippen LogP contribution < -0.4 is 5.73 Å². The van der Waals surface area contributed by atoms with Gasteiger partial charge in [-0.2, -0.15) is 0 Å². The number of nitrogens with two attached hydrogens (primary N) is 1. The number of carbonyl (C=O) groups excluding carboxylic acids is 1. The smallest absolute Gasteiger partial charge is 0.239 e. The Hall–Kier alpha value is -0.650. The molecule has 1 aliphatic rings. The highest BCUT2D eigenvalue weighted by atomic mass is 16.5. The Morgan fingerprint density at radius 1 is 1.67 bits per heavy atom. The van der Waals surface area contributed by atoms with Crippen molar-refractivity contribution in [2.75, 3.05) is 40.3 Å². The minimum absolute atomic E-state index is 0.0158. The highest BCUT2D eigenvalue weighted by Crippen LogP contribution is 2.07. The average Bonchev–Trinajstić information content (AvgIpc) is 2.16. The highest BCUT2D eigenvalue weighted by molar-refractivity contribution is 5.81. The summed E-state index contributed by atoms with van der Waals surface area (Å²) in [6.07, 6.45) is 0.108. The van der Waals surface area contributed by atoms with Gasteiger partial charge in [0.15, 0.2) is 0 Å². The standard InChI is InChI=1S/C10H21N3O2/c1-8(11)10(14)13-4-5-15-9(7-13)6-12(2)3/h8-9H,4-7,11H2,1-3H3. The lowest BCUT2D eigenvalue weighted by molar-refractivity contribution is -0.140. The first-order valence-corrected chi connectivity index (χ1v) is 5.31. The molecule has 0 saturated carbocycles. The Morgan fingerprint density at radius 3 is 2.87 bits per heavy atom. The van der Waals surface area contributed by atoms with E-state index in [1.54, 1.807) is 11.8 Å². The number of hydrogen-bond donors (Lipinski definition) is 1. The molecule has 1 fully saturated rings. The fourth-order valence-corrected chi connectivity index (χ4v) is 1.73. The minimum Gasteiger partial charge on any atom is -0.373 e. The molecule has 0 bridgehead atoms. The molecule has 1 aliphatic heterocycles. The maximum atomic E-state index is 11.7. The third kappa shape index (κ3) is 3.77. The summed E-state index contributed by atoms with van der Waals surface area (Å²) in [6, 6.07) is -0.414. The SMILES string of the molecule is CC(N)C(=O)N1CCOC(CN(C)C)C1. The van der Waals surface area contributed by atoms with Crippen LogP contribution in [0.25, 0.3) is 0 Å². The number of nitrogens with zero attached hydrogens (tertiary/aromatic N) is 2. The molecule has 1 saturated heterocycles. The van der Waals surface area contributed by atoms with E-state index in [1.165, 1.54) is 0 Å². The van der Waals surface area contributed by atoms with E-state index < -0.39 is 6.04 Å². The van der Waals surface area contributed by atoms with Gasteiger partial charge < -0.3 is 20.3 Å². The van der Waals surface area contributed by atoms with Crippen LogP contribution in [-0.4, -0.2) is 68.2 Å². The van der Waals surface area contributed by atoms with E-state index in [4.69, 9.17) is 10.5 Å². The molecule has 2 N–H and O–H groups in total. The summed E-state index contributed by atoms with van der Waals surface area (Å²) in [5, 5.41) is 0. The highest BCUT2D eigenvalue weighted by Gasteiger charge is 2.25. The van der Waals surface area contributed by atoms with E-state index in [-0.39, 0.29) is 12.0 Å². The van der Waals surface area contributed by atoms with Gasteiger partial charge in [0.2, 0.25) is 5.91 Å². The van der Waals surface area contributed by atoms with Gasteiger partial charge in [-0.15, -0.1) is 0 Å². The van der Waals surface area contributed by atoms with Gasteiger partial charge in [-0.3, -0.25) is 4.79 Å². The fraction of sp³-hybridized carbons (Fsp3) is 0.900. The lowest BCUT2D eigenvalue weighted by Crippen LogP contribution is -2.52. The molecule has 88 valence electrons. The normalized spacial score (nSPS) is 24.3. The monoisotopic (exact) mass is 215 g/mol. The van der Waals surface area contributed by atoms with Crippen LogP contribution in [0.4, 0.5) is 0 Å². The van der Waals surface area contributed by atoms with Gasteiger partial charge in [-0.1, -0.05) is 0 Å². The van der Waals surface area contributed by atoms with Gasteiger partial charge in [-0.05, 0) is 21.0 Å². The molecule has 5 nitrogen and oxygen atoms in total. The maximum Gasteiger partial charge on any atom is 0.239 e. The van der Waals surface area contributed by atoms with E-state index in [0.717, 1.165) is 6.54 Å². The minimum atomic E-state index is -0.414. The van der Waals surface area contributed by atoms with Crippen LogP contribution in [-0.2, 0) is 9.53 Å². The third-order valence-electron chi connectivity index (χ3n) is 2.41. The summed E-state index contributed by atoms with van der Waals surface area (Å²) >= 11 is 0. The molecule has 0 aromatic heterocycles. The molecule has 15 heavy (non-hydrogen) atoms. The quantitative estimate of drug-likeness (QED) is 0.664. The second-order valence-electron chi connectivity index (χ2n) is 4.33. The van der Waals surface area contributed by atoms with Crippen molar-refractivity contribution in [3.05, 3.63) is 0 Å². The van der Waals surface area contributed by atoms with Crippen LogP contribution in [0.2, 0.25) is 0 Å². The van der Waals surface area contributed by atoms with Crippen molar-refractivity contribution >= 4 is 5.91 Å². The van der Waals surface area contributed by atoms with Crippen molar-refractivity contribution in [2.24, 2.45) is 5.73 Å². The van der Waals surface area contributed by atoms with E-state index >= 15 is 0 Å². The van der Waals surface area contributed by atoms with Crippen molar-refractivity contribution in [2.45, 2.75) is 19.1 Å². The summed E-state index contributed by atoms with van der Waals surface area (Å²) in [4.78, 5) is 15.5. The molecule has 0 aromatic carbocycles. The number of amides is 1. The van der Waals surface area contributed by atoms with Crippen LogP contribution >= 0.6 is 0 Å². The van der Waals surface area contributed by atoms with E-state index in [1.807, 2.05) is 14.1 Å². The summed E-state index contributed by atoms with van der Waals surface area (Å²) in [5.74, 6) is 0.0158. The number of carbonyl (C=O) groups is 1. The van der Waals surface area contributed by atoms with Gasteiger partial charge in [-0.25, -0.2) is 0 Å². The molecule has 0 radical (unpaired) electrons. The Labute approximate surface area is 91.2 Å². The topological polar surface area (TPSA) is 58.8 Å². The first-order chi connectivity index (χ1) is 7.00. The molecule has 1 rings (SSSR count). The zero-order chi connectivity index (χ0) is 11.4. The van der Waals surface area contributed by atoms with Crippen molar-refractivity contribution in [1.29, 1.82) is 0 Å². The predicted octanol–water partition coefficient (Wildman–Crippen LogP) is -0.877. The molecule has 0 aromatic rings. The molecule has 2 atom stereocenters. The molecule has 1 amide bonds. The second kappa shape index (κ2) is 5.44. The molecular formula is C10H21N3O2.